The summed E-state index contributed by atoms with van der Waals surface area (Å²) in [5, 5.41) is 2.76. The molecule has 2 rings (SSSR count). The van der Waals surface area contributed by atoms with Crippen LogP contribution < -0.4 is 10.0 Å². The molecule has 1 amide bonds. The molecule has 0 radical (unpaired) electrons. The molecule has 0 heterocycles. The Bertz CT molecular complexity index is 829. The van der Waals surface area contributed by atoms with Gasteiger partial charge in [-0.15, -0.1) is 0 Å². The first-order valence-electron chi connectivity index (χ1n) is 8.77. The van der Waals surface area contributed by atoms with Crippen LogP contribution in [0.25, 0.3) is 0 Å². The van der Waals surface area contributed by atoms with Crippen LogP contribution in [0.15, 0.2) is 18.2 Å². The molecule has 0 saturated carbocycles. The van der Waals surface area contributed by atoms with Crippen molar-refractivity contribution in [1.29, 1.82) is 0 Å². The molecule has 0 saturated heterocycles. The Morgan fingerprint density at radius 3 is 2.37 bits per heavy atom. The van der Waals surface area contributed by atoms with Gasteiger partial charge >= 0.3 is 16.3 Å². The molecule has 2 atom stereocenters. The second kappa shape index (κ2) is 7.85. The molecular weight excluding hydrogens is 372 g/mol. The van der Waals surface area contributed by atoms with Crippen molar-refractivity contribution in [1.82, 2.24) is 5.32 Å². The molecule has 3 N–H and O–H groups in total. The molecule has 0 fully saturated rings. The van der Waals surface area contributed by atoms with Gasteiger partial charge in [-0.3, -0.25) is 18.9 Å². The van der Waals surface area contributed by atoms with E-state index >= 15 is 0 Å². The Hall–Kier alpha value is -2.13. The highest BCUT2D eigenvalue weighted by Crippen LogP contribution is 2.34. The van der Waals surface area contributed by atoms with E-state index in [1.165, 1.54) is 6.07 Å². The molecule has 0 bridgehead atoms. The number of anilines is 1. The van der Waals surface area contributed by atoms with E-state index < -0.39 is 33.7 Å². The van der Waals surface area contributed by atoms with Crippen LogP contribution in [-0.2, 0) is 37.5 Å². The van der Waals surface area contributed by atoms with Crippen LogP contribution in [0.5, 0.6) is 0 Å². The summed E-state index contributed by atoms with van der Waals surface area (Å²) >= 11 is 0. The molecule has 150 valence electrons. The predicted octanol–water partition coefficient (Wildman–Crippen LogP) is 1.71. The van der Waals surface area contributed by atoms with Crippen molar-refractivity contribution < 1.29 is 27.3 Å². The van der Waals surface area contributed by atoms with Gasteiger partial charge in [0.05, 0.1) is 17.5 Å². The second-order valence-corrected chi connectivity index (χ2v) is 8.76. The Morgan fingerprint density at radius 2 is 1.81 bits per heavy atom. The molecule has 0 aromatic heterocycles. The van der Waals surface area contributed by atoms with E-state index in [-0.39, 0.29) is 18.0 Å². The van der Waals surface area contributed by atoms with Gasteiger partial charge in [0.15, 0.2) is 0 Å². The summed E-state index contributed by atoms with van der Waals surface area (Å²) in [6.07, 6.45) is 0.588. The van der Waals surface area contributed by atoms with Crippen molar-refractivity contribution in [2.24, 2.45) is 11.8 Å². The summed E-state index contributed by atoms with van der Waals surface area (Å²) in [6, 6.07) is 4.77. The van der Waals surface area contributed by atoms with Gasteiger partial charge in [0.25, 0.3) is 0 Å². The number of hydrogen-bond acceptors (Lipinski definition) is 5. The molecule has 1 aliphatic rings. The first-order chi connectivity index (χ1) is 12.4. The fraction of sp³-hybridized carbons (Fsp3) is 0.556. The summed E-state index contributed by atoms with van der Waals surface area (Å²) < 4.78 is 38.5. The highest BCUT2D eigenvalue weighted by Gasteiger charge is 2.40. The topological polar surface area (TPSA) is 122 Å². The van der Waals surface area contributed by atoms with Crippen molar-refractivity contribution >= 4 is 27.9 Å². The predicted molar refractivity (Wildman–Crippen MR) is 101 cm³/mol. The summed E-state index contributed by atoms with van der Waals surface area (Å²) in [5.41, 5.74) is 1.10. The molecule has 1 aromatic carbocycles. The minimum Gasteiger partial charge on any atom is -0.460 e. The monoisotopic (exact) mass is 398 g/mol. The van der Waals surface area contributed by atoms with Gasteiger partial charge in [-0.2, -0.15) is 8.42 Å². The fourth-order valence-corrected chi connectivity index (χ4v) is 3.62. The maximum atomic E-state index is 12.7. The molecule has 2 unspecified atom stereocenters. The zero-order chi connectivity index (χ0) is 20.4. The summed E-state index contributed by atoms with van der Waals surface area (Å²) in [4.78, 5) is 25.2. The lowest BCUT2D eigenvalue weighted by molar-refractivity contribution is -0.164. The maximum absolute atomic E-state index is 12.7. The lowest BCUT2D eigenvalue weighted by Gasteiger charge is -2.33. The van der Waals surface area contributed by atoms with Gasteiger partial charge in [0, 0.05) is 6.54 Å². The van der Waals surface area contributed by atoms with Gasteiger partial charge < -0.3 is 10.1 Å². The number of carbonyl (C=O) groups is 2. The maximum Gasteiger partial charge on any atom is 0.357 e. The minimum atomic E-state index is -4.39. The van der Waals surface area contributed by atoms with E-state index in [0.717, 1.165) is 11.1 Å². The van der Waals surface area contributed by atoms with E-state index in [4.69, 9.17) is 9.29 Å². The van der Waals surface area contributed by atoms with E-state index in [1.54, 1.807) is 32.9 Å². The average molecular weight is 398 g/mol. The number of esters is 1. The minimum absolute atomic E-state index is 0.190. The Morgan fingerprint density at radius 1 is 1.19 bits per heavy atom. The van der Waals surface area contributed by atoms with Crippen molar-refractivity contribution in [3.8, 4) is 0 Å². The standard InChI is InChI=1S/C18H26N2O6S/c1-5-19-16(21)14-9-11-6-7-13(20-27(23,24)25)8-12(11)10-15(14)17(22)26-18(2,3)4/h6-8,14-15,20H,5,9-10H2,1-4H3,(H,19,21)(H,23,24,25). The largest absolute Gasteiger partial charge is 0.460 e. The first kappa shape index (κ1) is 21.2. The highest BCUT2D eigenvalue weighted by molar-refractivity contribution is 7.87. The number of carbonyl (C=O) groups excluding carboxylic acids is 2. The first-order valence-corrected chi connectivity index (χ1v) is 10.2. The van der Waals surface area contributed by atoms with Crippen LogP contribution in [0, 0.1) is 11.8 Å². The number of fused-ring (bicyclic) bond motifs is 1. The van der Waals surface area contributed by atoms with Gasteiger partial charge in [-0.1, -0.05) is 6.07 Å². The number of amides is 1. The lowest BCUT2D eigenvalue weighted by atomic mass is 9.75. The van der Waals surface area contributed by atoms with E-state index in [0.29, 0.717) is 13.0 Å². The van der Waals surface area contributed by atoms with Crippen molar-refractivity contribution in [2.75, 3.05) is 11.3 Å². The molecule has 27 heavy (non-hydrogen) atoms. The SMILES string of the molecule is CCNC(=O)C1Cc2ccc(NS(=O)(=O)O)cc2CC1C(=O)OC(C)(C)C. The number of rotatable bonds is 5. The molecule has 0 aliphatic heterocycles. The Labute approximate surface area is 159 Å². The third-order valence-corrected chi connectivity index (χ3v) is 4.71. The average Bonchev–Trinajstić information content (AvgIpc) is 2.50. The molecule has 0 spiro atoms. The zero-order valence-corrected chi connectivity index (χ0v) is 16.7. The van der Waals surface area contributed by atoms with Crippen LogP contribution in [0.3, 0.4) is 0 Å². The van der Waals surface area contributed by atoms with Crippen molar-refractivity contribution in [3.63, 3.8) is 0 Å². The zero-order valence-electron chi connectivity index (χ0n) is 15.9. The third-order valence-electron chi connectivity index (χ3n) is 4.22. The molecular formula is C18H26N2O6S. The molecule has 9 heteroatoms. The Kier molecular flexibility index (Phi) is 6.16. The van der Waals surface area contributed by atoms with Gasteiger partial charge in [0.1, 0.15) is 5.60 Å². The van der Waals surface area contributed by atoms with Gasteiger partial charge in [-0.05, 0) is 63.8 Å². The third kappa shape index (κ3) is 5.93. The van der Waals surface area contributed by atoms with Crippen LogP contribution in [0.2, 0.25) is 0 Å². The highest BCUT2D eigenvalue weighted by atomic mass is 32.2. The van der Waals surface area contributed by atoms with Crippen LogP contribution in [-0.4, -0.2) is 37.0 Å². The fourth-order valence-electron chi connectivity index (χ4n) is 3.19. The van der Waals surface area contributed by atoms with Crippen LogP contribution in [0.4, 0.5) is 5.69 Å². The van der Waals surface area contributed by atoms with Crippen LogP contribution >= 0.6 is 0 Å². The number of ether oxygens (including phenoxy) is 1. The Balaban J connectivity index is 2.35. The summed E-state index contributed by atoms with van der Waals surface area (Å²) in [6.45, 7) is 7.55. The van der Waals surface area contributed by atoms with Crippen molar-refractivity contribution in [2.45, 2.75) is 46.1 Å². The van der Waals surface area contributed by atoms with E-state index in [1.807, 2.05) is 11.6 Å². The summed E-state index contributed by atoms with van der Waals surface area (Å²) in [5.74, 6) is -1.91. The number of hydrogen-bond donors (Lipinski definition) is 3. The van der Waals surface area contributed by atoms with Gasteiger partial charge in [0.2, 0.25) is 5.91 Å². The summed E-state index contributed by atoms with van der Waals surface area (Å²) in [7, 11) is -4.39. The lowest BCUT2D eigenvalue weighted by Crippen LogP contribution is -2.44. The van der Waals surface area contributed by atoms with E-state index in [2.05, 4.69) is 5.32 Å². The number of benzene rings is 1. The smallest absolute Gasteiger partial charge is 0.357 e. The normalized spacial score (nSPS) is 19.7. The molecule has 1 aliphatic carbocycles. The quantitative estimate of drug-likeness (QED) is 0.513. The van der Waals surface area contributed by atoms with E-state index in [9.17, 15) is 18.0 Å². The van der Waals surface area contributed by atoms with Crippen molar-refractivity contribution in [3.05, 3.63) is 29.3 Å². The second-order valence-electron chi connectivity index (χ2n) is 7.61. The molecule has 8 nitrogen and oxygen atoms in total. The number of nitrogens with one attached hydrogen (secondary N) is 2. The van der Waals surface area contributed by atoms with Gasteiger partial charge in [-0.25, -0.2) is 0 Å². The molecule has 1 aromatic rings. The van der Waals surface area contributed by atoms with Crippen LogP contribution in [0.1, 0.15) is 38.8 Å².